The van der Waals surface area contributed by atoms with Gasteiger partial charge in [-0.15, -0.1) is 6.42 Å². The van der Waals surface area contributed by atoms with Crippen molar-refractivity contribution in [3.63, 3.8) is 0 Å². The van der Waals surface area contributed by atoms with E-state index in [0.29, 0.717) is 12.5 Å². The van der Waals surface area contributed by atoms with E-state index < -0.39 is 0 Å². The third-order valence-corrected chi connectivity index (χ3v) is 4.05. The maximum absolute atomic E-state index is 12.3. The summed E-state index contributed by atoms with van der Waals surface area (Å²) < 4.78 is 0. The summed E-state index contributed by atoms with van der Waals surface area (Å²) in [5.41, 5.74) is 2.08. The molecular formula is C18H22N2O2. The lowest BCUT2D eigenvalue weighted by Gasteiger charge is -2.20. The van der Waals surface area contributed by atoms with E-state index in [2.05, 4.69) is 19.8 Å². The summed E-state index contributed by atoms with van der Waals surface area (Å²) in [4.78, 5) is 27.7. The van der Waals surface area contributed by atoms with Gasteiger partial charge >= 0.3 is 0 Å². The number of amides is 2. The molecule has 1 aliphatic rings. The van der Waals surface area contributed by atoms with Crippen LogP contribution in [0.4, 0.5) is 5.69 Å². The Hall–Kier alpha value is -2.28. The molecule has 1 aliphatic heterocycles. The van der Waals surface area contributed by atoms with Gasteiger partial charge in [-0.3, -0.25) is 9.59 Å². The lowest BCUT2D eigenvalue weighted by Crippen LogP contribution is -2.34. The smallest absolute Gasteiger partial charge is 0.228 e. The molecule has 116 valence electrons. The molecular weight excluding hydrogens is 276 g/mol. The molecule has 1 fully saturated rings. The van der Waals surface area contributed by atoms with E-state index in [4.69, 9.17) is 6.42 Å². The molecule has 0 aliphatic carbocycles. The summed E-state index contributed by atoms with van der Waals surface area (Å²) in [6.07, 6.45) is 5.48. The minimum absolute atomic E-state index is 0.00949. The Kier molecular flexibility index (Phi) is 4.87. The number of benzene rings is 1. The van der Waals surface area contributed by atoms with Crippen molar-refractivity contribution in [2.45, 2.75) is 26.2 Å². The van der Waals surface area contributed by atoms with E-state index in [1.165, 1.54) is 10.5 Å². The third kappa shape index (κ3) is 3.30. The van der Waals surface area contributed by atoms with Crippen molar-refractivity contribution >= 4 is 17.5 Å². The van der Waals surface area contributed by atoms with Crippen molar-refractivity contribution in [1.82, 2.24) is 4.90 Å². The van der Waals surface area contributed by atoms with Gasteiger partial charge in [0.1, 0.15) is 0 Å². The summed E-state index contributed by atoms with van der Waals surface area (Å²) in [5, 5.41) is 0. The number of nitrogens with zero attached hydrogens (tertiary/aromatic N) is 2. The second-order valence-electron chi connectivity index (χ2n) is 6.05. The molecule has 1 aromatic carbocycles. The number of rotatable bonds is 4. The minimum Gasteiger partial charge on any atom is -0.334 e. The lowest BCUT2D eigenvalue weighted by molar-refractivity contribution is -0.133. The zero-order valence-electron chi connectivity index (χ0n) is 13.4. The highest BCUT2D eigenvalue weighted by atomic mass is 16.2. The van der Waals surface area contributed by atoms with Crippen molar-refractivity contribution in [1.29, 1.82) is 0 Å². The van der Waals surface area contributed by atoms with E-state index in [1.54, 1.807) is 11.9 Å². The van der Waals surface area contributed by atoms with E-state index in [0.717, 1.165) is 5.69 Å². The fourth-order valence-corrected chi connectivity index (χ4v) is 2.69. The van der Waals surface area contributed by atoms with Gasteiger partial charge in [0.25, 0.3) is 0 Å². The van der Waals surface area contributed by atoms with Crippen LogP contribution < -0.4 is 4.90 Å². The highest BCUT2D eigenvalue weighted by molar-refractivity contribution is 6.00. The maximum atomic E-state index is 12.3. The summed E-state index contributed by atoms with van der Waals surface area (Å²) in [6.45, 7) is 4.96. The van der Waals surface area contributed by atoms with Crippen molar-refractivity contribution in [3.8, 4) is 12.3 Å². The molecule has 4 heteroatoms. The first-order chi connectivity index (χ1) is 10.4. The largest absolute Gasteiger partial charge is 0.334 e. The number of hydrogen-bond acceptors (Lipinski definition) is 2. The Morgan fingerprint density at radius 2 is 2.05 bits per heavy atom. The molecule has 0 N–H and O–H groups in total. The molecule has 0 spiro atoms. The predicted octanol–water partition coefficient (Wildman–Crippen LogP) is 2.25. The lowest BCUT2D eigenvalue weighted by atomic mass is 10.0. The summed E-state index contributed by atoms with van der Waals surface area (Å²) in [7, 11) is 1.67. The molecule has 0 radical (unpaired) electrons. The number of anilines is 1. The topological polar surface area (TPSA) is 40.6 Å². The predicted molar refractivity (Wildman–Crippen MR) is 87.5 cm³/mol. The molecule has 0 bridgehead atoms. The van der Waals surface area contributed by atoms with Crippen molar-refractivity contribution < 1.29 is 9.59 Å². The Morgan fingerprint density at radius 1 is 1.41 bits per heavy atom. The highest BCUT2D eigenvalue weighted by Gasteiger charge is 2.36. The first-order valence-corrected chi connectivity index (χ1v) is 7.52. The SMILES string of the molecule is C#CCN(C)C(=O)C1CC(=O)N(c2ccc(C(C)C)cc2)C1. The zero-order chi connectivity index (χ0) is 16.3. The van der Waals surface area contributed by atoms with Gasteiger partial charge in [0, 0.05) is 25.7 Å². The summed E-state index contributed by atoms with van der Waals surface area (Å²) >= 11 is 0. The van der Waals surface area contributed by atoms with Crippen LogP contribution in [0.25, 0.3) is 0 Å². The molecule has 1 heterocycles. The molecule has 1 atom stereocenters. The first kappa shape index (κ1) is 16.1. The molecule has 1 unspecified atom stereocenters. The third-order valence-electron chi connectivity index (χ3n) is 4.05. The van der Waals surface area contributed by atoms with E-state index in [9.17, 15) is 9.59 Å². The van der Waals surface area contributed by atoms with Gasteiger partial charge in [0.15, 0.2) is 0 Å². The Bertz CT molecular complexity index is 599. The molecule has 0 saturated carbocycles. The van der Waals surface area contributed by atoms with Gasteiger partial charge in [0.2, 0.25) is 11.8 Å². The monoisotopic (exact) mass is 298 g/mol. The van der Waals surface area contributed by atoms with Crippen molar-refractivity contribution in [3.05, 3.63) is 29.8 Å². The Balaban J connectivity index is 2.09. The molecule has 22 heavy (non-hydrogen) atoms. The highest BCUT2D eigenvalue weighted by Crippen LogP contribution is 2.27. The number of carbonyl (C=O) groups is 2. The van der Waals surface area contributed by atoms with Crippen LogP contribution in [0.1, 0.15) is 31.7 Å². The van der Waals surface area contributed by atoms with Crippen LogP contribution in [0.3, 0.4) is 0 Å². The van der Waals surface area contributed by atoms with E-state index in [1.807, 2.05) is 24.3 Å². The average Bonchev–Trinajstić information content (AvgIpc) is 2.88. The van der Waals surface area contributed by atoms with Crippen LogP contribution in [0.15, 0.2) is 24.3 Å². The average molecular weight is 298 g/mol. The Morgan fingerprint density at radius 3 is 2.59 bits per heavy atom. The van der Waals surface area contributed by atoms with Crippen LogP contribution in [-0.2, 0) is 9.59 Å². The van der Waals surface area contributed by atoms with E-state index in [-0.39, 0.29) is 30.7 Å². The van der Waals surface area contributed by atoms with Crippen LogP contribution in [0.2, 0.25) is 0 Å². The van der Waals surface area contributed by atoms with Crippen LogP contribution in [0.5, 0.6) is 0 Å². The molecule has 0 aromatic heterocycles. The fourth-order valence-electron chi connectivity index (χ4n) is 2.69. The number of hydrogen-bond donors (Lipinski definition) is 0. The molecule has 2 rings (SSSR count). The zero-order valence-corrected chi connectivity index (χ0v) is 13.4. The van der Waals surface area contributed by atoms with Gasteiger partial charge in [-0.05, 0) is 23.6 Å². The van der Waals surface area contributed by atoms with Crippen LogP contribution in [-0.4, -0.2) is 36.9 Å². The normalized spacial score (nSPS) is 17.7. The number of carbonyl (C=O) groups excluding carboxylic acids is 2. The second-order valence-corrected chi connectivity index (χ2v) is 6.05. The first-order valence-electron chi connectivity index (χ1n) is 7.52. The van der Waals surface area contributed by atoms with E-state index >= 15 is 0 Å². The molecule has 1 saturated heterocycles. The summed E-state index contributed by atoms with van der Waals surface area (Å²) in [6, 6.07) is 7.97. The van der Waals surface area contributed by atoms with Gasteiger partial charge < -0.3 is 9.80 Å². The Labute approximate surface area is 132 Å². The fraction of sp³-hybridized carbons (Fsp3) is 0.444. The second kappa shape index (κ2) is 6.65. The van der Waals surface area contributed by atoms with Gasteiger partial charge in [-0.25, -0.2) is 0 Å². The van der Waals surface area contributed by atoms with Gasteiger partial charge in [0.05, 0.1) is 12.5 Å². The summed E-state index contributed by atoms with van der Waals surface area (Å²) in [5.74, 6) is 2.52. The van der Waals surface area contributed by atoms with Crippen molar-refractivity contribution in [2.24, 2.45) is 5.92 Å². The number of terminal acetylenes is 1. The molecule has 1 aromatic rings. The minimum atomic E-state index is -0.310. The maximum Gasteiger partial charge on any atom is 0.228 e. The molecule has 4 nitrogen and oxygen atoms in total. The van der Waals surface area contributed by atoms with Crippen molar-refractivity contribution in [2.75, 3.05) is 25.0 Å². The van der Waals surface area contributed by atoms with Crippen LogP contribution >= 0.6 is 0 Å². The van der Waals surface area contributed by atoms with Gasteiger partial charge in [-0.2, -0.15) is 0 Å². The van der Waals surface area contributed by atoms with Crippen LogP contribution in [0, 0.1) is 18.3 Å². The quantitative estimate of drug-likeness (QED) is 0.800. The van der Waals surface area contributed by atoms with Gasteiger partial charge in [-0.1, -0.05) is 31.9 Å². The standard InChI is InChI=1S/C18H22N2O2/c1-5-10-19(4)18(22)15-11-17(21)20(12-15)16-8-6-14(7-9-16)13(2)3/h1,6-9,13,15H,10-12H2,2-4H3. The molecule has 2 amide bonds.